The Hall–Kier alpha value is -3.55. The number of carbonyl (C=O) groups excluding carboxylic acids is 1. The van der Waals surface area contributed by atoms with Gasteiger partial charge in [0.2, 0.25) is 5.95 Å². The van der Waals surface area contributed by atoms with E-state index in [1.165, 1.54) is 0 Å². The number of carbonyl (C=O) groups is 1. The molecule has 1 aliphatic heterocycles. The fourth-order valence-corrected chi connectivity index (χ4v) is 3.11. The first-order valence-corrected chi connectivity index (χ1v) is 9.16. The van der Waals surface area contributed by atoms with E-state index in [1.54, 1.807) is 37.8 Å². The molecule has 0 radical (unpaired) electrons. The van der Waals surface area contributed by atoms with E-state index in [-0.39, 0.29) is 5.78 Å². The molecule has 4 rings (SSSR count). The highest BCUT2D eigenvalue weighted by Crippen LogP contribution is 2.21. The lowest BCUT2D eigenvalue weighted by molar-refractivity contribution is 0.101. The molecule has 3 heterocycles. The van der Waals surface area contributed by atoms with Gasteiger partial charge in [0, 0.05) is 55.9 Å². The number of benzene rings is 1. The molecule has 1 aliphatic rings. The van der Waals surface area contributed by atoms with Crippen LogP contribution in [0.2, 0.25) is 0 Å². The first-order chi connectivity index (χ1) is 13.7. The van der Waals surface area contributed by atoms with Gasteiger partial charge in [-0.2, -0.15) is 0 Å². The highest BCUT2D eigenvalue weighted by atomic mass is 16.1. The molecule has 28 heavy (non-hydrogen) atoms. The number of nitrogens with zero attached hydrogens (tertiary/aromatic N) is 6. The number of piperazine rings is 1. The summed E-state index contributed by atoms with van der Waals surface area (Å²) < 4.78 is 0. The molecule has 8 heteroatoms. The third-order valence-electron chi connectivity index (χ3n) is 4.66. The van der Waals surface area contributed by atoms with Crippen LogP contribution in [-0.2, 0) is 0 Å². The number of rotatable bonds is 5. The van der Waals surface area contributed by atoms with Crippen molar-refractivity contribution in [3.8, 4) is 0 Å². The number of hydrogen-bond acceptors (Lipinski definition) is 8. The Bertz CT molecular complexity index is 938. The van der Waals surface area contributed by atoms with E-state index in [9.17, 15) is 4.79 Å². The van der Waals surface area contributed by atoms with Gasteiger partial charge in [-0.25, -0.2) is 19.9 Å². The van der Waals surface area contributed by atoms with E-state index in [4.69, 9.17) is 0 Å². The maximum Gasteiger partial charge on any atom is 0.225 e. The van der Waals surface area contributed by atoms with Crippen molar-refractivity contribution in [1.29, 1.82) is 0 Å². The van der Waals surface area contributed by atoms with Gasteiger partial charge in [-0.05, 0) is 37.3 Å². The summed E-state index contributed by atoms with van der Waals surface area (Å²) in [4.78, 5) is 33.2. The molecule has 0 amide bonds. The van der Waals surface area contributed by atoms with Gasteiger partial charge in [-0.15, -0.1) is 0 Å². The fourth-order valence-electron chi connectivity index (χ4n) is 3.11. The molecule has 0 bridgehead atoms. The second-order valence-corrected chi connectivity index (χ2v) is 6.54. The van der Waals surface area contributed by atoms with Gasteiger partial charge in [-0.3, -0.25) is 4.79 Å². The fraction of sp³-hybridized carbons (Fsp3) is 0.250. The average Bonchev–Trinajstić information content (AvgIpc) is 2.75. The molecule has 142 valence electrons. The van der Waals surface area contributed by atoms with Gasteiger partial charge in [0.1, 0.15) is 18.0 Å². The van der Waals surface area contributed by atoms with Crippen molar-refractivity contribution in [2.24, 2.45) is 0 Å². The molecule has 3 aromatic rings. The Kier molecular flexibility index (Phi) is 5.09. The van der Waals surface area contributed by atoms with Gasteiger partial charge >= 0.3 is 0 Å². The Morgan fingerprint density at radius 2 is 1.61 bits per heavy atom. The number of aromatic nitrogens is 4. The highest BCUT2D eigenvalue weighted by molar-refractivity contribution is 5.94. The van der Waals surface area contributed by atoms with Crippen LogP contribution < -0.4 is 15.1 Å². The average molecular weight is 375 g/mol. The van der Waals surface area contributed by atoms with Crippen molar-refractivity contribution in [2.75, 3.05) is 41.3 Å². The summed E-state index contributed by atoms with van der Waals surface area (Å²) >= 11 is 0. The predicted octanol–water partition coefficient (Wildman–Crippen LogP) is 2.54. The van der Waals surface area contributed by atoms with E-state index < -0.39 is 0 Å². The van der Waals surface area contributed by atoms with Crippen molar-refractivity contribution >= 4 is 29.1 Å². The minimum atomic E-state index is 0.0518. The lowest BCUT2D eigenvalue weighted by atomic mass is 10.1. The Labute approximate surface area is 163 Å². The second-order valence-electron chi connectivity index (χ2n) is 6.54. The van der Waals surface area contributed by atoms with Crippen LogP contribution in [0.25, 0.3) is 0 Å². The predicted molar refractivity (Wildman–Crippen MR) is 108 cm³/mol. The molecular weight excluding hydrogens is 354 g/mol. The SMILES string of the molecule is CC(=O)c1ccc(Nc2cc(N3CCN(c4ncccn4)CC3)ncn2)cc1. The number of nitrogens with one attached hydrogen (secondary N) is 1. The summed E-state index contributed by atoms with van der Waals surface area (Å²) in [6.45, 7) is 4.90. The summed E-state index contributed by atoms with van der Waals surface area (Å²) in [5.74, 6) is 2.41. The number of Topliss-reactive ketones (excluding diaryl/α,β-unsaturated/α-hetero) is 1. The molecule has 1 N–H and O–H groups in total. The minimum Gasteiger partial charge on any atom is -0.353 e. The van der Waals surface area contributed by atoms with Crippen molar-refractivity contribution in [2.45, 2.75) is 6.92 Å². The molecule has 1 aromatic carbocycles. The van der Waals surface area contributed by atoms with Gasteiger partial charge in [0.25, 0.3) is 0 Å². The highest BCUT2D eigenvalue weighted by Gasteiger charge is 2.20. The molecule has 0 spiro atoms. The molecule has 0 unspecified atom stereocenters. The Morgan fingerprint density at radius 3 is 2.29 bits per heavy atom. The summed E-state index contributed by atoms with van der Waals surface area (Å²) in [6, 6.07) is 11.1. The molecule has 1 saturated heterocycles. The standard InChI is InChI=1S/C20H21N7O/c1-15(28)16-3-5-17(6-4-16)25-18-13-19(24-14-23-18)26-9-11-27(12-10-26)20-21-7-2-8-22-20/h2-8,13-14H,9-12H2,1H3,(H,23,24,25). The Balaban J connectivity index is 1.41. The normalized spacial score (nSPS) is 14.0. The molecule has 2 aromatic heterocycles. The van der Waals surface area contributed by atoms with Crippen LogP contribution in [0.15, 0.2) is 55.1 Å². The Morgan fingerprint density at radius 1 is 0.929 bits per heavy atom. The first-order valence-electron chi connectivity index (χ1n) is 9.16. The van der Waals surface area contributed by atoms with E-state index in [1.807, 2.05) is 24.3 Å². The smallest absolute Gasteiger partial charge is 0.225 e. The van der Waals surface area contributed by atoms with Gasteiger partial charge in [0.05, 0.1) is 0 Å². The molecule has 0 aliphatic carbocycles. The zero-order valence-electron chi connectivity index (χ0n) is 15.6. The van der Waals surface area contributed by atoms with Crippen LogP contribution in [0.5, 0.6) is 0 Å². The van der Waals surface area contributed by atoms with Crippen molar-refractivity contribution in [1.82, 2.24) is 19.9 Å². The van der Waals surface area contributed by atoms with E-state index in [0.29, 0.717) is 5.56 Å². The molecular formula is C20H21N7O. The van der Waals surface area contributed by atoms with Crippen molar-refractivity contribution < 1.29 is 4.79 Å². The number of hydrogen-bond donors (Lipinski definition) is 1. The zero-order chi connectivity index (χ0) is 19.3. The number of ketones is 1. The molecule has 1 fully saturated rings. The van der Waals surface area contributed by atoms with Gasteiger partial charge in [-0.1, -0.05) is 0 Å². The topological polar surface area (TPSA) is 87.1 Å². The van der Waals surface area contributed by atoms with Crippen molar-refractivity contribution in [3.05, 3.63) is 60.7 Å². The largest absolute Gasteiger partial charge is 0.353 e. The lowest BCUT2D eigenvalue weighted by Gasteiger charge is -2.35. The van der Waals surface area contributed by atoms with E-state index in [0.717, 1.165) is 49.5 Å². The molecule has 0 atom stereocenters. The van der Waals surface area contributed by atoms with Crippen molar-refractivity contribution in [3.63, 3.8) is 0 Å². The number of anilines is 4. The van der Waals surface area contributed by atoms with Crippen LogP contribution in [0.1, 0.15) is 17.3 Å². The minimum absolute atomic E-state index is 0.0518. The maximum atomic E-state index is 11.4. The molecule has 8 nitrogen and oxygen atoms in total. The molecule has 0 saturated carbocycles. The van der Waals surface area contributed by atoms with E-state index in [2.05, 4.69) is 35.1 Å². The third-order valence-corrected chi connectivity index (χ3v) is 4.66. The zero-order valence-corrected chi connectivity index (χ0v) is 15.6. The first kappa shape index (κ1) is 17.8. The van der Waals surface area contributed by atoms with Crippen LogP contribution in [0.4, 0.5) is 23.3 Å². The summed E-state index contributed by atoms with van der Waals surface area (Å²) in [5.41, 5.74) is 1.56. The summed E-state index contributed by atoms with van der Waals surface area (Å²) in [7, 11) is 0. The van der Waals surface area contributed by atoms with Crippen LogP contribution in [0.3, 0.4) is 0 Å². The van der Waals surface area contributed by atoms with Crippen LogP contribution >= 0.6 is 0 Å². The van der Waals surface area contributed by atoms with Crippen LogP contribution in [-0.4, -0.2) is 51.9 Å². The van der Waals surface area contributed by atoms with Gasteiger partial charge < -0.3 is 15.1 Å². The monoisotopic (exact) mass is 375 g/mol. The maximum absolute atomic E-state index is 11.4. The quantitative estimate of drug-likeness (QED) is 0.681. The lowest BCUT2D eigenvalue weighted by Crippen LogP contribution is -2.47. The van der Waals surface area contributed by atoms with E-state index >= 15 is 0 Å². The summed E-state index contributed by atoms with van der Waals surface area (Å²) in [6.07, 6.45) is 5.09. The second kappa shape index (κ2) is 7.99. The van der Waals surface area contributed by atoms with Gasteiger partial charge in [0.15, 0.2) is 5.78 Å². The third kappa shape index (κ3) is 4.06. The van der Waals surface area contributed by atoms with Crippen LogP contribution in [0, 0.1) is 0 Å². The summed E-state index contributed by atoms with van der Waals surface area (Å²) in [5, 5.41) is 3.26.